The summed E-state index contributed by atoms with van der Waals surface area (Å²) in [5.74, 6) is -1.07. The van der Waals surface area contributed by atoms with E-state index in [0.717, 1.165) is 0 Å². The monoisotopic (exact) mass is 156 g/mol. The maximum absolute atomic E-state index is 10.8. The lowest BCUT2D eigenvalue weighted by molar-refractivity contribution is -0.147. The van der Waals surface area contributed by atoms with Crippen LogP contribution in [0.15, 0.2) is 12.7 Å². The molecule has 0 spiro atoms. The molecule has 0 amide bonds. The van der Waals surface area contributed by atoms with E-state index in [1.807, 2.05) is 0 Å². The molecule has 0 radical (unpaired) electrons. The number of carbonyl (C=O) groups excluding carboxylic acids is 2. The summed E-state index contributed by atoms with van der Waals surface area (Å²) in [5.41, 5.74) is -1.85. The van der Waals surface area contributed by atoms with Crippen LogP contribution >= 0.6 is 0 Å². The first-order chi connectivity index (χ1) is 4.95. The van der Waals surface area contributed by atoms with Crippen molar-refractivity contribution in [2.45, 2.75) is 25.9 Å². The van der Waals surface area contributed by atoms with Gasteiger partial charge in [-0.1, -0.05) is 6.08 Å². The lowest BCUT2D eigenvalue weighted by atomic mass is 9.91. The minimum absolute atomic E-state index is 0.0162. The van der Waals surface area contributed by atoms with Crippen LogP contribution in [0.4, 0.5) is 0 Å². The number of rotatable bonds is 4. The van der Waals surface area contributed by atoms with Gasteiger partial charge in [-0.15, -0.1) is 6.58 Å². The largest absolute Gasteiger partial charge is 0.374 e. The van der Waals surface area contributed by atoms with Crippen LogP contribution in [0, 0.1) is 0 Å². The van der Waals surface area contributed by atoms with Crippen molar-refractivity contribution in [1.82, 2.24) is 0 Å². The summed E-state index contributed by atoms with van der Waals surface area (Å²) >= 11 is 0. The van der Waals surface area contributed by atoms with E-state index in [0.29, 0.717) is 0 Å². The van der Waals surface area contributed by atoms with Gasteiger partial charge >= 0.3 is 0 Å². The summed E-state index contributed by atoms with van der Waals surface area (Å²) < 4.78 is 0. The zero-order chi connectivity index (χ0) is 9.07. The van der Waals surface area contributed by atoms with Gasteiger partial charge in [-0.05, 0) is 13.8 Å². The Morgan fingerprint density at radius 2 is 1.82 bits per heavy atom. The minimum atomic E-state index is -1.85. The highest BCUT2D eigenvalue weighted by atomic mass is 16.3. The van der Waals surface area contributed by atoms with Crippen molar-refractivity contribution in [2.24, 2.45) is 0 Å². The number of carbonyl (C=O) groups is 2. The average Bonchev–Trinajstić information content (AvgIpc) is 1.87. The lowest BCUT2D eigenvalue weighted by Gasteiger charge is -2.19. The van der Waals surface area contributed by atoms with E-state index >= 15 is 0 Å². The summed E-state index contributed by atoms with van der Waals surface area (Å²) in [6, 6.07) is 0. The molecule has 0 saturated carbocycles. The number of hydrogen-bond donors (Lipinski definition) is 1. The van der Waals surface area contributed by atoms with Crippen molar-refractivity contribution in [1.29, 1.82) is 0 Å². The molecule has 3 heteroatoms. The molecule has 11 heavy (non-hydrogen) atoms. The number of hydrogen-bond acceptors (Lipinski definition) is 3. The van der Waals surface area contributed by atoms with Crippen molar-refractivity contribution in [2.75, 3.05) is 0 Å². The zero-order valence-electron chi connectivity index (χ0n) is 6.76. The van der Waals surface area contributed by atoms with Crippen molar-refractivity contribution in [3.8, 4) is 0 Å². The molecule has 0 heterocycles. The van der Waals surface area contributed by atoms with Gasteiger partial charge in [0.25, 0.3) is 0 Å². The molecular weight excluding hydrogens is 144 g/mol. The van der Waals surface area contributed by atoms with E-state index in [-0.39, 0.29) is 6.42 Å². The van der Waals surface area contributed by atoms with Crippen LogP contribution in [-0.2, 0) is 9.59 Å². The second-order valence-electron chi connectivity index (χ2n) is 2.47. The third-order valence-electron chi connectivity index (χ3n) is 1.60. The SMILES string of the molecule is C=CCC(O)(C(C)=O)C(C)=O. The predicted molar refractivity (Wildman–Crippen MR) is 41.1 cm³/mol. The third kappa shape index (κ3) is 1.98. The Morgan fingerprint density at radius 1 is 1.45 bits per heavy atom. The number of aliphatic hydroxyl groups is 1. The molecule has 0 aliphatic heterocycles. The van der Waals surface area contributed by atoms with E-state index in [2.05, 4.69) is 6.58 Å². The van der Waals surface area contributed by atoms with Crippen LogP contribution in [0.3, 0.4) is 0 Å². The molecule has 1 N–H and O–H groups in total. The smallest absolute Gasteiger partial charge is 0.183 e. The number of Topliss-reactive ketones (excluding diaryl/α,β-unsaturated/α-hetero) is 2. The van der Waals surface area contributed by atoms with Crippen LogP contribution < -0.4 is 0 Å². The highest BCUT2D eigenvalue weighted by Crippen LogP contribution is 2.13. The fourth-order valence-electron chi connectivity index (χ4n) is 0.744. The average molecular weight is 156 g/mol. The minimum Gasteiger partial charge on any atom is -0.374 e. The standard InChI is InChI=1S/C8H12O3/c1-4-5-8(11,6(2)9)7(3)10/h4,11H,1,5H2,2-3H3. The first kappa shape index (κ1) is 10.0. The Balaban J connectivity index is 4.65. The van der Waals surface area contributed by atoms with Gasteiger partial charge in [0.05, 0.1) is 0 Å². The van der Waals surface area contributed by atoms with Crippen LogP contribution in [0.25, 0.3) is 0 Å². The van der Waals surface area contributed by atoms with Crippen molar-refractivity contribution < 1.29 is 14.7 Å². The van der Waals surface area contributed by atoms with E-state index in [1.165, 1.54) is 19.9 Å². The lowest BCUT2D eigenvalue weighted by Crippen LogP contribution is -2.43. The molecule has 0 atom stereocenters. The summed E-state index contributed by atoms with van der Waals surface area (Å²) in [7, 11) is 0. The van der Waals surface area contributed by atoms with Crippen molar-refractivity contribution >= 4 is 11.6 Å². The zero-order valence-corrected chi connectivity index (χ0v) is 6.76. The predicted octanol–water partition coefficient (Wildman–Crippen LogP) is 0.472. The molecule has 0 aromatic carbocycles. The summed E-state index contributed by atoms with van der Waals surface area (Å²) in [5, 5.41) is 9.40. The highest BCUT2D eigenvalue weighted by molar-refractivity contribution is 6.08. The van der Waals surface area contributed by atoms with Gasteiger partial charge < -0.3 is 5.11 Å². The van der Waals surface area contributed by atoms with Gasteiger partial charge in [-0.3, -0.25) is 9.59 Å². The second kappa shape index (κ2) is 3.44. The van der Waals surface area contributed by atoms with Crippen LogP contribution in [0.5, 0.6) is 0 Å². The van der Waals surface area contributed by atoms with Crippen LogP contribution in [-0.4, -0.2) is 22.3 Å². The molecule has 0 bridgehead atoms. The molecule has 0 aliphatic carbocycles. The van der Waals surface area contributed by atoms with Crippen molar-refractivity contribution in [3.63, 3.8) is 0 Å². The molecule has 3 nitrogen and oxygen atoms in total. The quantitative estimate of drug-likeness (QED) is 0.475. The molecule has 0 rings (SSSR count). The van der Waals surface area contributed by atoms with Gasteiger partial charge in [0, 0.05) is 6.42 Å². The van der Waals surface area contributed by atoms with E-state index in [9.17, 15) is 14.7 Å². The molecule has 0 aromatic heterocycles. The fourth-order valence-corrected chi connectivity index (χ4v) is 0.744. The van der Waals surface area contributed by atoms with Crippen LogP contribution in [0.1, 0.15) is 20.3 Å². The number of ketones is 2. The summed E-state index contributed by atoms with van der Waals surface area (Å²) in [4.78, 5) is 21.6. The fraction of sp³-hybridized carbons (Fsp3) is 0.500. The van der Waals surface area contributed by atoms with Gasteiger partial charge in [-0.25, -0.2) is 0 Å². The Morgan fingerprint density at radius 3 is 1.91 bits per heavy atom. The van der Waals surface area contributed by atoms with E-state index in [1.54, 1.807) is 0 Å². The molecule has 62 valence electrons. The maximum atomic E-state index is 10.8. The van der Waals surface area contributed by atoms with Gasteiger partial charge in [0.2, 0.25) is 0 Å². The Kier molecular flexibility index (Phi) is 3.14. The normalized spacial score (nSPS) is 10.8. The molecule has 0 saturated heterocycles. The Labute approximate surface area is 65.7 Å². The van der Waals surface area contributed by atoms with E-state index < -0.39 is 17.2 Å². The summed E-state index contributed by atoms with van der Waals surface area (Å²) in [6.45, 7) is 5.72. The third-order valence-corrected chi connectivity index (χ3v) is 1.60. The molecule has 0 unspecified atom stereocenters. The second-order valence-corrected chi connectivity index (χ2v) is 2.47. The topological polar surface area (TPSA) is 54.4 Å². The van der Waals surface area contributed by atoms with Gasteiger partial charge in [-0.2, -0.15) is 0 Å². The summed E-state index contributed by atoms with van der Waals surface area (Å²) in [6.07, 6.45) is 1.33. The van der Waals surface area contributed by atoms with Gasteiger partial charge in [0.15, 0.2) is 17.2 Å². The Bertz CT molecular complexity index is 180. The maximum Gasteiger partial charge on any atom is 0.183 e. The molecule has 0 aromatic rings. The first-order valence-electron chi connectivity index (χ1n) is 3.30. The van der Waals surface area contributed by atoms with Crippen molar-refractivity contribution in [3.05, 3.63) is 12.7 Å². The highest BCUT2D eigenvalue weighted by Gasteiger charge is 2.36. The van der Waals surface area contributed by atoms with E-state index in [4.69, 9.17) is 0 Å². The molecular formula is C8H12O3. The van der Waals surface area contributed by atoms with Crippen LogP contribution in [0.2, 0.25) is 0 Å². The molecule has 0 aliphatic rings. The first-order valence-corrected chi connectivity index (χ1v) is 3.30. The van der Waals surface area contributed by atoms with Gasteiger partial charge in [0.1, 0.15) is 0 Å². The molecule has 0 fully saturated rings. The Hall–Kier alpha value is -0.960.